The Morgan fingerprint density at radius 3 is 2.67 bits per heavy atom. The Morgan fingerprint density at radius 1 is 1.42 bits per heavy atom. The average molecular weight is 191 g/mol. The van der Waals surface area contributed by atoms with E-state index in [4.69, 9.17) is 21.8 Å². The normalized spacial score (nSPS) is 10.2. The predicted octanol–water partition coefficient (Wildman–Crippen LogP) is 1.72. The number of phenols is 1. The first-order valence-corrected chi connectivity index (χ1v) is 3.81. The standard InChI is InChI=1S/C8H8ClFO2/c9-6-1-2-7(12)5(3-4-11)8(6)10/h1-2,11-12H,3-4H2. The lowest BCUT2D eigenvalue weighted by Crippen LogP contribution is -1.96. The molecule has 4 heteroatoms. The van der Waals surface area contributed by atoms with Crippen LogP contribution in [-0.2, 0) is 6.42 Å². The quantitative estimate of drug-likeness (QED) is 0.746. The molecule has 0 amide bonds. The summed E-state index contributed by atoms with van der Waals surface area (Å²) in [6.45, 7) is -0.217. The lowest BCUT2D eigenvalue weighted by Gasteiger charge is -2.04. The summed E-state index contributed by atoms with van der Waals surface area (Å²) in [7, 11) is 0. The van der Waals surface area contributed by atoms with Crippen LogP contribution >= 0.6 is 11.6 Å². The lowest BCUT2D eigenvalue weighted by molar-refractivity contribution is 0.295. The highest BCUT2D eigenvalue weighted by atomic mass is 35.5. The third-order valence-corrected chi connectivity index (χ3v) is 1.83. The second-order valence-electron chi connectivity index (χ2n) is 2.33. The molecule has 2 nitrogen and oxygen atoms in total. The van der Waals surface area contributed by atoms with Crippen molar-refractivity contribution < 1.29 is 14.6 Å². The van der Waals surface area contributed by atoms with Crippen LogP contribution in [0.2, 0.25) is 5.02 Å². The molecule has 66 valence electrons. The van der Waals surface area contributed by atoms with Gasteiger partial charge in [-0.15, -0.1) is 0 Å². The van der Waals surface area contributed by atoms with Crippen molar-refractivity contribution >= 4 is 11.6 Å². The molecular weight excluding hydrogens is 183 g/mol. The fourth-order valence-corrected chi connectivity index (χ4v) is 1.11. The summed E-state index contributed by atoms with van der Waals surface area (Å²) < 4.78 is 13.0. The summed E-state index contributed by atoms with van der Waals surface area (Å²) in [5, 5.41) is 17.6. The Balaban J connectivity index is 3.14. The number of aliphatic hydroxyl groups is 1. The molecule has 0 unspecified atom stereocenters. The Hall–Kier alpha value is -0.800. The van der Waals surface area contributed by atoms with Crippen molar-refractivity contribution in [2.45, 2.75) is 6.42 Å². The van der Waals surface area contributed by atoms with E-state index >= 15 is 0 Å². The largest absolute Gasteiger partial charge is 0.508 e. The summed E-state index contributed by atoms with van der Waals surface area (Å²) in [5.74, 6) is -0.836. The Kier molecular flexibility index (Phi) is 2.89. The van der Waals surface area contributed by atoms with Crippen molar-refractivity contribution in [3.05, 3.63) is 28.5 Å². The number of aliphatic hydroxyl groups excluding tert-OH is 1. The summed E-state index contributed by atoms with van der Waals surface area (Å²) in [4.78, 5) is 0. The van der Waals surface area contributed by atoms with Crippen molar-refractivity contribution in [3.8, 4) is 5.75 Å². The van der Waals surface area contributed by atoms with Gasteiger partial charge in [-0.3, -0.25) is 0 Å². The van der Waals surface area contributed by atoms with Crippen LogP contribution in [0.3, 0.4) is 0 Å². The molecule has 0 saturated heterocycles. The van der Waals surface area contributed by atoms with Crippen LogP contribution < -0.4 is 0 Å². The first kappa shape index (κ1) is 9.29. The Labute approximate surface area is 74.2 Å². The van der Waals surface area contributed by atoms with E-state index in [1.165, 1.54) is 12.1 Å². The van der Waals surface area contributed by atoms with Crippen molar-refractivity contribution in [2.75, 3.05) is 6.61 Å². The SMILES string of the molecule is OCCc1c(O)ccc(Cl)c1F. The highest BCUT2D eigenvalue weighted by Crippen LogP contribution is 2.26. The van der Waals surface area contributed by atoms with Crippen LogP contribution in [0.1, 0.15) is 5.56 Å². The molecule has 0 aliphatic carbocycles. The fraction of sp³-hybridized carbons (Fsp3) is 0.250. The van der Waals surface area contributed by atoms with Crippen LogP contribution in [0.25, 0.3) is 0 Å². The van der Waals surface area contributed by atoms with Gasteiger partial charge in [0, 0.05) is 18.6 Å². The van der Waals surface area contributed by atoms with Gasteiger partial charge in [0.15, 0.2) is 0 Å². The number of aromatic hydroxyl groups is 1. The van der Waals surface area contributed by atoms with E-state index in [1.54, 1.807) is 0 Å². The maximum atomic E-state index is 13.0. The number of halogens is 2. The first-order valence-electron chi connectivity index (χ1n) is 3.43. The molecule has 12 heavy (non-hydrogen) atoms. The van der Waals surface area contributed by atoms with E-state index in [1.807, 2.05) is 0 Å². The van der Waals surface area contributed by atoms with Gasteiger partial charge in [-0.25, -0.2) is 4.39 Å². The third kappa shape index (κ3) is 1.68. The van der Waals surface area contributed by atoms with E-state index in [0.29, 0.717) is 0 Å². The van der Waals surface area contributed by atoms with Gasteiger partial charge in [-0.1, -0.05) is 11.6 Å². The van der Waals surface area contributed by atoms with Crippen molar-refractivity contribution in [2.24, 2.45) is 0 Å². The topological polar surface area (TPSA) is 40.5 Å². The van der Waals surface area contributed by atoms with E-state index in [-0.39, 0.29) is 29.4 Å². The van der Waals surface area contributed by atoms with Crippen LogP contribution in [0.4, 0.5) is 4.39 Å². The van der Waals surface area contributed by atoms with E-state index in [0.717, 1.165) is 0 Å². The highest BCUT2D eigenvalue weighted by molar-refractivity contribution is 6.30. The molecule has 0 atom stereocenters. The number of rotatable bonds is 2. The minimum atomic E-state index is -0.661. The van der Waals surface area contributed by atoms with Gasteiger partial charge in [-0.2, -0.15) is 0 Å². The molecule has 0 aromatic heterocycles. The van der Waals surface area contributed by atoms with Crippen molar-refractivity contribution in [3.63, 3.8) is 0 Å². The highest BCUT2D eigenvalue weighted by Gasteiger charge is 2.10. The molecule has 1 aromatic carbocycles. The maximum absolute atomic E-state index is 13.0. The molecule has 0 aliphatic heterocycles. The Bertz CT molecular complexity index is 289. The second-order valence-corrected chi connectivity index (χ2v) is 2.74. The number of hydrogen-bond donors (Lipinski definition) is 2. The van der Waals surface area contributed by atoms with Gasteiger partial charge < -0.3 is 10.2 Å². The van der Waals surface area contributed by atoms with Gasteiger partial charge in [0.25, 0.3) is 0 Å². The number of phenolic OH excluding ortho intramolecular Hbond substituents is 1. The van der Waals surface area contributed by atoms with E-state index in [2.05, 4.69) is 0 Å². The zero-order chi connectivity index (χ0) is 9.14. The third-order valence-electron chi connectivity index (χ3n) is 1.53. The second kappa shape index (κ2) is 3.74. The molecular formula is C8H8ClFO2. The Morgan fingerprint density at radius 2 is 2.08 bits per heavy atom. The molecule has 0 fully saturated rings. The lowest BCUT2D eigenvalue weighted by atomic mass is 10.1. The van der Waals surface area contributed by atoms with Gasteiger partial charge in [0.05, 0.1) is 5.02 Å². The summed E-state index contributed by atoms with van der Waals surface area (Å²) in [5.41, 5.74) is 0.0602. The van der Waals surface area contributed by atoms with Crippen molar-refractivity contribution in [1.29, 1.82) is 0 Å². The minimum absolute atomic E-state index is 0.0451. The smallest absolute Gasteiger partial charge is 0.148 e. The predicted molar refractivity (Wildman–Crippen MR) is 43.9 cm³/mol. The maximum Gasteiger partial charge on any atom is 0.148 e. The van der Waals surface area contributed by atoms with Crippen molar-refractivity contribution in [1.82, 2.24) is 0 Å². The molecule has 0 spiro atoms. The van der Waals surface area contributed by atoms with Gasteiger partial charge >= 0.3 is 0 Å². The van der Waals surface area contributed by atoms with Crippen LogP contribution in [0, 0.1) is 5.82 Å². The molecule has 0 radical (unpaired) electrons. The van der Waals surface area contributed by atoms with Gasteiger partial charge in [0.2, 0.25) is 0 Å². The molecule has 2 N–H and O–H groups in total. The minimum Gasteiger partial charge on any atom is -0.508 e. The zero-order valence-electron chi connectivity index (χ0n) is 6.22. The molecule has 0 saturated carbocycles. The monoisotopic (exact) mass is 190 g/mol. The van der Waals surface area contributed by atoms with Crippen LogP contribution in [0.15, 0.2) is 12.1 Å². The number of benzene rings is 1. The van der Waals surface area contributed by atoms with Gasteiger partial charge in [0.1, 0.15) is 11.6 Å². The van der Waals surface area contributed by atoms with Crippen LogP contribution in [0.5, 0.6) is 5.75 Å². The zero-order valence-corrected chi connectivity index (χ0v) is 6.98. The average Bonchev–Trinajstić information content (AvgIpc) is 2.06. The summed E-state index contributed by atoms with van der Waals surface area (Å²) in [6, 6.07) is 2.57. The summed E-state index contributed by atoms with van der Waals surface area (Å²) in [6.07, 6.45) is 0.0677. The molecule has 0 heterocycles. The van der Waals surface area contributed by atoms with E-state index < -0.39 is 5.82 Å². The van der Waals surface area contributed by atoms with Gasteiger partial charge in [-0.05, 0) is 12.1 Å². The first-order chi connectivity index (χ1) is 5.66. The molecule has 0 bridgehead atoms. The molecule has 1 rings (SSSR count). The molecule has 1 aromatic rings. The van der Waals surface area contributed by atoms with Crippen LogP contribution in [-0.4, -0.2) is 16.8 Å². The molecule has 0 aliphatic rings. The summed E-state index contributed by atoms with van der Waals surface area (Å²) >= 11 is 5.45. The number of hydrogen-bond acceptors (Lipinski definition) is 2. The fourth-order valence-electron chi connectivity index (χ4n) is 0.932. The van der Waals surface area contributed by atoms with E-state index in [9.17, 15) is 4.39 Å².